The van der Waals surface area contributed by atoms with Gasteiger partial charge in [0.05, 0.1) is 11.0 Å². The highest BCUT2D eigenvalue weighted by molar-refractivity contribution is 9.10. The first kappa shape index (κ1) is 15.4. The average Bonchev–Trinajstić information content (AvgIpc) is 2.37. The summed E-state index contributed by atoms with van der Waals surface area (Å²) in [6.45, 7) is 6.56. The summed E-state index contributed by atoms with van der Waals surface area (Å²) in [4.78, 5) is 16.1. The van der Waals surface area contributed by atoms with Crippen LogP contribution in [0.25, 0.3) is 0 Å². The van der Waals surface area contributed by atoms with Crippen LogP contribution in [0.3, 0.4) is 0 Å². The van der Waals surface area contributed by atoms with Crippen molar-refractivity contribution in [3.05, 3.63) is 22.3 Å². The first-order chi connectivity index (χ1) is 8.90. The molecule has 1 heterocycles. The molecule has 0 atom stereocenters. The Labute approximate surface area is 121 Å². The van der Waals surface area contributed by atoms with Crippen LogP contribution in [0.4, 0.5) is 5.82 Å². The van der Waals surface area contributed by atoms with Crippen LogP contribution in [0.5, 0.6) is 0 Å². The molecule has 0 saturated carbocycles. The molecule has 1 rings (SSSR count). The molecule has 2 N–H and O–H groups in total. The van der Waals surface area contributed by atoms with Gasteiger partial charge in [-0.3, -0.25) is 4.79 Å². The lowest BCUT2D eigenvalue weighted by Gasteiger charge is -2.24. The fourth-order valence-corrected chi connectivity index (χ4v) is 1.75. The van der Waals surface area contributed by atoms with E-state index < -0.39 is 5.41 Å². The first-order valence-corrected chi connectivity index (χ1v) is 6.79. The summed E-state index contributed by atoms with van der Waals surface area (Å²) in [5.41, 5.74) is -0.123. The number of carbonyl (C=O) groups is 1. The molecule has 0 aliphatic carbocycles. The molecule has 0 unspecified atom stereocenters. The van der Waals surface area contributed by atoms with E-state index in [1.165, 1.54) is 0 Å². The van der Waals surface area contributed by atoms with E-state index in [4.69, 9.17) is 5.26 Å². The van der Waals surface area contributed by atoms with Crippen molar-refractivity contribution in [3.63, 3.8) is 0 Å². The van der Waals surface area contributed by atoms with Crippen molar-refractivity contribution in [2.45, 2.75) is 20.8 Å². The zero-order valence-corrected chi connectivity index (χ0v) is 12.8. The number of anilines is 1. The minimum absolute atomic E-state index is 0.0315. The van der Waals surface area contributed by atoms with Crippen molar-refractivity contribution in [1.29, 1.82) is 5.26 Å². The summed E-state index contributed by atoms with van der Waals surface area (Å²) in [6, 6.07) is 5.45. The van der Waals surface area contributed by atoms with Gasteiger partial charge in [-0.25, -0.2) is 4.98 Å². The Bertz CT molecular complexity index is 508. The second kappa shape index (κ2) is 6.53. The molecule has 102 valence electrons. The Morgan fingerprint density at radius 1 is 1.53 bits per heavy atom. The molecule has 0 bridgehead atoms. The average molecular weight is 325 g/mol. The fraction of sp³-hybridized carbons (Fsp3) is 0.462. The van der Waals surface area contributed by atoms with E-state index in [-0.39, 0.29) is 5.91 Å². The maximum atomic E-state index is 11.9. The predicted molar refractivity (Wildman–Crippen MR) is 77.6 cm³/mol. The van der Waals surface area contributed by atoms with E-state index in [0.29, 0.717) is 29.1 Å². The van der Waals surface area contributed by atoms with Crippen LogP contribution in [0, 0.1) is 16.7 Å². The van der Waals surface area contributed by atoms with E-state index >= 15 is 0 Å². The van der Waals surface area contributed by atoms with Crippen molar-refractivity contribution in [2.75, 3.05) is 18.4 Å². The van der Waals surface area contributed by atoms with Gasteiger partial charge in [-0.2, -0.15) is 5.26 Å². The number of hydrogen-bond donors (Lipinski definition) is 2. The standard InChI is InChI=1S/C13H17BrN4O/c1-4-16-12(19)13(2,3)8-17-11-9(7-15)5-6-10(14)18-11/h5-6H,4,8H2,1-3H3,(H,16,19)(H,17,18). The number of nitrogens with one attached hydrogen (secondary N) is 2. The van der Waals surface area contributed by atoms with Gasteiger partial charge in [-0.05, 0) is 48.8 Å². The molecular weight excluding hydrogens is 308 g/mol. The van der Waals surface area contributed by atoms with Gasteiger partial charge in [0.15, 0.2) is 0 Å². The van der Waals surface area contributed by atoms with Crippen molar-refractivity contribution >= 4 is 27.7 Å². The van der Waals surface area contributed by atoms with Crippen LogP contribution in [0.1, 0.15) is 26.3 Å². The zero-order chi connectivity index (χ0) is 14.5. The van der Waals surface area contributed by atoms with Crippen LogP contribution < -0.4 is 10.6 Å². The summed E-state index contributed by atoms with van der Waals surface area (Å²) in [5.74, 6) is 0.449. The Balaban J connectivity index is 2.79. The third-order valence-electron chi connectivity index (χ3n) is 2.63. The van der Waals surface area contributed by atoms with Crippen LogP contribution in [-0.2, 0) is 4.79 Å². The number of halogens is 1. The maximum absolute atomic E-state index is 11.9. The SMILES string of the molecule is CCNC(=O)C(C)(C)CNc1nc(Br)ccc1C#N. The molecule has 0 spiro atoms. The van der Waals surface area contributed by atoms with Crippen molar-refractivity contribution in [1.82, 2.24) is 10.3 Å². The van der Waals surface area contributed by atoms with Crippen molar-refractivity contribution in [3.8, 4) is 6.07 Å². The Morgan fingerprint density at radius 3 is 2.79 bits per heavy atom. The smallest absolute Gasteiger partial charge is 0.227 e. The van der Waals surface area contributed by atoms with E-state index in [9.17, 15) is 4.79 Å². The highest BCUT2D eigenvalue weighted by Crippen LogP contribution is 2.20. The molecule has 0 aliphatic rings. The predicted octanol–water partition coefficient (Wildman–Crippen LogP) is 2.29. The van der Waals surface area contributed by atoms with Crippen molar-refractivity contribution in [2.24, 2.45) is 5.41 Å². The molecule has 1 amide bonds. The lowest BCUT2D eigenvalue weighted by atomic mass is 9.92. The fourth-order valence-electron chi connectivity index (χ4n) is 1.45. The van der Waals surface area contributed by atoms with Crippen molar-refractivity contribution < 1.29 is 4.79 Å². The summed E-state index contributed by atoms with van der Waals surface area (Å²) in [5, 5.41) is 14.9. The number of nitriles is 1. The second-order valence-electron chi connectivity index (χ2n) is 4.74. The van der Waals surface area contributed by atoms with Crippen LogP contribution >= 0.6 is 15.9 Å². The lowest BCUT2D eigenvalue weighted by Crippen LogP contribution is -2.41. The normalized spacial score (nSPS) is 10.7. The molecule has 0 fully saturated rings. The van der Waals surface area contributed by atoms with Gasteiger partial charge in [0.2, 0.25) is 5.91 Å². The molecule has 0 radical (unpaired) electrons. The molecule has 19 heavy (non-hydrogen) atoms. The van der Waals surface area contributed by atoms with Gasteiger partial charge < -0.3 is 10.6 Å². The first-order valence-electron chi connectivity index (χ1n) is 5.99. The molecule has 5 nitrogen and oxygen atoms in total. The monoisotopic (exact) mass is 324 g/mol. The number of hydrogen-bond acceptors (Lipinski definition) is 4. The highest BCUT2D eigenvalue weighted by Gasteiger charge is 2.27. The van der Waals surface area contributed by atoms with Gasteiger partial charge >= 0.3 is 0 Å². The quantitative estimate of drug-likeness (QED) is 0.814. The minimum atomic E-state index is -0.577. The molecule has 1 aromatic heterocycles. The molecule has 6 heteroatoms. The summed E-state index contributed by atoms with van der Waals surface area (Å²) < 4.78 is 0.643. The van der Waals surface area contributed by atoms with Gasteiger partial charge in [0.1, 0.15) is 16.5 Å². The van der Waals surface area contributed by atoms with Crippen LogP contribution in [0.2, 0.25) is 0 Å². The van der Waals surface area contributed by atoms with E-state index in [1.807, 2.05) is 20.8 Å². The van der Waals surface area contributed by atoms with E-state index in [0.717, 1.165) is 0 Å². The van der Waals surface area contributed by atoms with Crippen LogP contribution in [-0.4, -0.2) is 24.0 Å². The zero-order valence-electron chi connectivity index (χ0n) is 11.2. The second-order valence-corrected chi connectivity index (χ2v) is 5.55. The van der Waals surface area contributed by atoms with E-state index in [2.05, 4.69) is 37.6 Å². The third-order valence-corrected chi connectivity index (χ3v) is 3.07. The molecule has 0 aliphatic heterocycles. The maximum Gasteiger partial charge on any atom is 0.227 e. The van der Waals surface area contributed by atoms with Crippen LogP contribution in [0.15, 0.2) is 16.7 Å². The van der Waals surface area contributed by atoms with E-state index in [1.54, 1.807) is 12.1 Å². The molecule has 0 saturated heterocycles. The highest BCUT2D eigenvalue weighted by atomic mass is 79.9. The molecule has 1 aromatic rings. The van der Waals surface area contributed by atoms with Gasteiger partial charge in [-0.15, -0.1) is 0 Å². The van der Waals surface area contributed by atoms with Gasteiger partial charge in [-0.1, -0.05) is 0 Å². The number of nitrogens with zero attached hydrogens (tertiary/aromatic N) is 2. The number of pyridine rings is 1. The largest absolute Gasteiger partial charge is 0.368 e. The summed E-state index contributed by atoms with van der Waals surface area (Å²) in [7, 11) is 0. The number of rotatable bonds is 5. The Morgan fingerprint density at radius 2 is 2.21 bits per heavy atom. The number of amides is 1. The molecular formula is C13H17BrN4O. The third kappa shape index (κ3) is 4.21. The summed E-state index contributed by atoms with van der Waals surface area (Å²) in [6.07, 6.45) is 0. The van der Waals surface area contributed by atoms with Gasteiger partial charge in [0.25, 0.3) is 0 Å². The summed E-state index contributed by atoms with van der Waals surface area (Å²) >= 11 is 3.26. The minimum Gasteiger partial charge on any atom is -0.368 e. The Kier molecular flexibility index (Phi) is 5.31. The molecule has 0 aromatic carbocycles. The number of aromatic nitrogens is 1. The Hall–Kier alpha value is -1.61. The van der Waals surface area contributed by atoms with Gasteiger partial charge in [0, 0.05) is 13.1 Å². The number of carbonyl (C=O) groups excluding carboxylic acids is 1. The topological polar surface area (TPSA) is 77.8 Å². The lowest BCUT2D eigenvalue weighted by molar-refractivity contribution is -0.128.